The highest BCUT2D eigenvalue weighted by atomic mass is 35.5. The molecule has 0 unspecified atom stereocenters. The van der Waals surface area contributed by atoms with Gasteiger partial charge in [0, 0.05) is 31.1 Å². The Hall–Kier alpha value is -0.510. The van der Waals surface area contributed by atoms with Gasteiger partial charge in [0.05, 0.1) is 0 Å². The van der Waals surface area contributed by atoms with Crippen molar-refractivity contribution < 1.29 is 4.79 Å². The summed E-state index contributed by atoms with van der Waals surface area (Å²) in [7, 11) is 0. The summed E-state index contributed by atoms with van der Waals surface area (Å²) in [5.41, 5.74) is 5.43. The minimum Gasteiger partial charge on any atom is -0.289 e. The van der Waals surface area contributed by atoms with Gasteiger partial charge in [-0.25, -0.2) is 5.01 Å². The molecule has 0 atom stereocenters. The quantitative estimate of drug-likeness (QED) is 0.721. The van der Waals surface area contributed by atoms with Gasteiger partial charge in [0.2, 0.25) is 5.91 Å². The Morgan fingerprint density at radius 3 is 2.08 bits per heavy atom. The number of hydrogen-bond acceptors (Lipinski definition) is 2. The highest BCUT2D eigenvalue weighted by molar-refractivity contribution is 6.25. The van der Waals surface area contributed by atoms with Gasteiger partial charge in [-0.15, -0.1) is 0 Å². The molecule has 0 aromatic heterocycles. The first-order valence-corrected chi connectivity index (χ1v) is 4.60. The maximum Gasteiger partial charge on any atom is 0.231 e. The summed E-state index contributed by atoms with van der Waals surface area (Å²) in [4.78, 5) is 10.7. The molecule has 0 aliphatic carbocycles. The van der Waals surface area contributed by atoms with Crippen molar-refractivity contribution >= 4 is 29.1 Å². The van der Waals surface area contributed by atoms with Crippen LogP contribution in [0.25, 0.3) is 0 Å². The van der Waals surface area contributed by atoms with Crippen LogP contribution in [0.4, 0.5) is 0 Å². The van der Waals surface area contributed by atoms with Crippen LogP contribution >= 0.6 is 23.2 Å². The molecule has 0 fully saturated rings. The van der Waals surface area contributed by atoms with Gasteiger partial charge in [-0.2, -0.15) is 0 Å². The average molecular weight is 223 g/mol. The normalized spacial score (nSPS) is 11.7. The van der Waals surface area contributed by atoms with Crippen LogP contribution in [-0.2, 0) is 4.79 Å². The lowest BCUT2D eigenvalue weighted by Gasteiger charge is -2.18. The van der Waals surface area contributed by atoms with E-state index in [2.05, 4.69) is 5.43 Å². The molecule has 0 aliphatic rings. The molecule has 0 aromatic rings. The number of nitrogens with one attached hydrogen (secondary N) is 1. The largest absolute Gasteiger partial charge is 0.289 e. The van der Waals surface area contributed by atoms with Crippen LogP contribution in [0.1, 0.15) is 6.92 Å². The molecule has 0 radical (unpaired) electrons. The second kappa shape index (κ2) is 8.10. The topological polar surface area (TPSA) is 32.3 Å². The first kappa shape index (κ1) is 12.5. The zero-order valence-corrected chi connectivity index (χ0v) is 8.85. The zero-order valence-electron chi connectivity index (χ0n) is 7.34. The molecule has 3 nitrogen and oxygen atoms in total. The molecule has 0 aromatic carbocycles. The summed E-state index contributed by atoms with van der Waals surface area (Å²) in [6.45, 7) is 2.54. The van der Waals surface area contributed by atoms with Gasteiger partial charge >= 0.3 is 0 Å². The fraction of sp³-hybridized carbons (Fsp3) is 0.375. The molecule has 0 saturated carbocycles. The van der Waals surface area contributed by atoms with Crippen LogP contribution in [0.15, 0.2) is 23.2 Å². The van der Waals surface area contributed by atoms with Crippen molar-refractivity contribution in [3.05, 3.63) is 23.2 Å². The second-order valence-electron chi connectivity index (χ2n) is 2.30. The average Bonchev–Trinajstić information content (AvgIpc) is 2.09. The molecule has 74 valence electrons. The molecule has 1 N–H and O–H groups in total. The summed E-state index contributed by atoms with van der Waals surface area (Å²) >= 11 is 10.7. The van der Waals surface area contributed by atoms with Crippen LogP contribution in [0, 0.1) is 0 Å². The Labute approximate surface area is 88.0 Å². The number of halogens is 2. The third-order valence-corrected chi connectivity index (χ3v) is 1.50. The van der Waals surface area contributed by atoms with E-state index in [-0.39, 0.29) is 5.91 Å². The van der Waals surface area contributed by atoms with Crippen molar-refractivity contribution in [1.29, 1.82) is 0 Å². The third-order valence-electron chi connectivity index (χ3n) is 1.15. The molecule has 0 saturated heterocycles. The monoisotopic (exact) mass is 222 g/mol. The van der Waals surface area contributed by atoms with E-state index in [0.29, 0.717) is 13.1 Å². The number of rotatable bonds is 5. The number of hydrogen-bond donors (Lipinski definition) is 1. The number of hydrazine groups is 1. The maximum absolute atomic E-state index is 10.7. The Balaban J connectivity index is 3.93. The third kappa shape index (κ3) is 7.84. The van der Waals surface area contributed by atoms with E-state index >= 15 is 0 Å². The van der Waals surface area contributed by atoms with E-state index in [0.717, 1.165) is 0 Å². The number of carbonyl (C=O) groups is 1. The summed E-state index contributed by atoms with van der Waals surface area (Å²) in [5.74, 6) is -0.119. The van der Waals surface area contributed by atoms with E-state index in [9.17, 15) is 4.79 Å². The fourth-order valence-corrected chi connectivity index (χ4v) is 0.882. The standard InChI is InChI=1S/C8H12Cl2N2O/c1-8(13)11-12(6-2-4-9)7-3-5-10/h2-5H,6-7H2,1H3,(H,11,13)/b4-2-,5-3-. The SMILES string of the molecule is CC(=O)NN(C/C=C\Cl)C/C=C\Cl. The van der Waals surface area contributed by atoms with Crippen LogP contribution < -0.4 is 5.43 Å². The lowest BCUT2D eigenvalue weighted by Crippen LogP contribution is -2.41. The summed E-state index contributed by atoms with van der Waals surface area (Å²) in [6.07, 6.45) is 3.44. The van der Waals surface area contributed by atoms with Crippen molar-refractivity contribution in [2.75, 3.05) is 13.1 Å². The summed E-state index contributed by atoms with van der Waals surface area (Å²) < 4.78 is 0. The highest BCUT2D eigenvalue weighted by Gasteiger charge is 2.00. The van der Waals surface area contributed by atoms with Gasteiger partial charge in [-0.1, -0.05) is 35.4 Å². The van der Waals surface area contributed by atoms with Gasteiger partial charge in [0.25, 0.3) is 0 Å². The van der Waals surface area contributed by atoms with Crippen molar-refractivity contribution in [1.82, 2.24) is 10.4 Å². The van der Waals surface area contributed by atoms with Crippen LogP contribution in [0.5, 0.6) is 0 Å². The number of nitrogens with zero attached hydrogens (tertiary/aromatic N) is 1. The van der Waals surface area contributed by atoms with E-state index < -0.39 is 0 Å². The van der Waals surface area contributed by atoms with Gasteiger partial charge in [0.1, 0.15) is 0 Å². The minimum atomic E-state index is -0.119. The molecule has 0 spiro atoms. The lowest BCUT2D eigenvalue weighted by atomic mass is 10.5. The molecule has 0 aliphatic heterocycles. The minimum absolute atomic E-state index is 0.119. The van der Waals surface area contributed by atoms with Crippen molar-refractivity contribution in [3.63, 3.8) is 0 Å². The van der Waals surface area contributed by atoms with Crippen molar-refractivity contribution in [2.45, 2.75) is 6.92 Å². The molecule has 13 heavy (non-hydrogen) atoms. The van der Waals surface area contributed by atoms with Gasteiger partial charge < -0.3 is 0 Å². The summed E-state index contributed by atoms with van der Waals surface area (Å²) in [6, 6.07) is 0. The Kier molecular flexibility index (Phi) is 7.79. The van der Waals surface area contributed by atoms with Gasteiger partial charge in [-0.05, 0) is 0 Å². The first-order valence-electron chi connectivity index (χ1n) is 3.73. The molecular formula is C8H12Cl2N2O. The predicted octanol–water partition coefficient (Wildman–Crippen LogP) is 1.84. The second-order valence-corrected chi connectivity index (χ2v) is 2.80. The Morgan fingerprint density at radius 2 is 1.77 bits per heavy atom. The Morgan fingerprint density at radius 1 is 1.31 bits per heavy atom. The molecule has 0 heterocycles. The first-order chi connectivity index (χ1) is 6.20. The van der Waals surface area contributed by atoms with E-state index in [1.165, 1.54) is 18.0 Å². The molecule has 5 heteroatoms. The molecular weight excluding hydrogens is 211 g/mol. The van der Waals surface area contributed by atoms with Crippen LogP contribution in [-0.4, -0.2) is 24.0 Å². The molecule has 1 amide bonds. The fourth-order valence-electron chi connectivity index (χ4n) is 0.723. The number of amides is 1. The number of carbonyl (C=O) groups excluding carboxylic acids is 1. The molecule has 0 rings (SSSR count). The maximum atomic E-state index is 10.7. The van der Waals surface area contributed by atoms with E-state index in [1.807, 2.05) is 0 Å². The highest BCUT2D eigenvalue weighted by Crippen LogP contribution is 1.88. The van der Waals surface area contributed by atoms with Crippen LogP contribution in [0.2, 0.25) is 0 Å². The van der Waals surface area contributed by atoms with Crippen LogP contribution in [0.3, 0.4) is 0 Å². The van der Waals surface area contributed by atoms with E-state index in [1.54, 1.807) is 17.2 Å². The predicted molar refractivity (Wildman–Crippen MR) is 55.4 cm³/mol. The molecule has 0 bridgehead atoms. The lowest BCUT2D eigenvalue weighted by molar-refractivity contribution is -0.123. The Bertz CT molecular complexity index is 190. The van der Waals surface area contributed by atoms with Gasteiger partial charge in [-0.3, -0.25) is 10.2 Å². The van der Waals surface area contributed by atoms with E-state index in [4.69, 9.17) is 23.2 Å². The van der Waals surface area contributed by atoms with Crippen molar-refractivity contribution in [3.8, 4) is 0 Å². The smallest absolute Gasteiger partial charge is 0.231 e. The van der Waals surface area contributed by atoms with Gasteiger partial charge in [0.15, 0.2) is 0 Å². The zero-order chi connectivity index (χ0) is 10.1. The van der Waals surface area contributed by atoms with Crippen molar-refractivity contribution in [2.24, 2.45) is 0 Å². The summed E-state index contributed by atoms with van der Waals surface area (Å²) in [5, 5.41) is 1.68.